The van der Waals surface area contributed by atoms with E-state index in [9.17, 15) is 5.11 Å². The maximum absolute atomic E-state index is 9.83. The van der Waals surface area contributed by atoms with Crippen molar-refractivity contribution in [2.45, 2.75) is 27.2 Å². The van der Waals surface area contributed by atoms with Gasteiger partial charge in [-0.1, -0.05) is 26.0 Å². The summed E-state index contributed by atoms with van der Waals surface area (Å²) in [6.07, 6.45) is 2.33. The molecule has 0 saturated heterocycles. The molecule has 2 aromatic rings. The van der Waals surface area contributed by atoms with Gasteiger partial charge < -0.3 is 5.11 Å². The zero-order valence-corrected chi connectivity index (χ0v) is 10.5. The molecule has 0 spiro atoms. The van der Waals surface area contributed by atoms with E-state index in [1.165, 1.54) is 11.8 Å². The molecule has 0 radical (unpaired) electrons. The smallest absolute Gasteiger partial charge is 0.157 e. The van der Waals surface area contributed by atoms with E-state index in [1.54, 1.807) is 0 Å². The first-order valence-corrected chi connectivity index (χ1v) is 5.91. The molecule has 0 amide bonds. The summed E-state index contributed by atoms with van der Waals surface area (Å²) in [5.41, 5.74) is 3.07. The molecule has 1 aromatic heterocycles. The molecule has 1 heterocycles. The molecular weight excluding hydrogens is 212 g/mol. The number of aromatic nitrogens is 2. The van der Waals surface area contributed by atoms with E-state index in [0.717, 1.165) is 17.8 Å². The van der Waals surface area contributed by atoms with Crippen molar-refractivity contribution in [1.82, 2.24) is 9.78 Å². The van der Waals surface area contributed by atoms with E-state index in [2.05, 4.69) is 38.0 Å². The van der Waals surface area contributed by atoms with Gasteiger partial charge in [0.05, 0.1) is 17.6 Å². The van der Waals surface area contributed by atoms with Crippen LogP contribution in [0.2, 0.25) is 0 Å². The SMILES string of the molecule is Cc1cccc(-n2ncc(O)c2CC(C)C)c1. The van der Waals surface area contributed by atoms with Gasteiger partial charge in [0.15, 0.2) is 5.75 Å². The first-order valence-electron chi connectivity index (χ1n) is 5.91. The Labute approximate surface area is 102 Å². The summed E-state index contributed by atoms with van der Waals surface area (Å²) >= 11 is 0. The molecule has 0 atom stereocenters. The molecule has 90 valence electrons. The number of aryl methyl sites for hydroxylation is 1. The van der Waals surface area contributed by atoms with Crippen molar-refractivity contribution in [3.05, 3.63) is 41.7 Å². The second-order valence-electron chi connectivity index (χ2n) is 4.83. The second kappa shape index (κ2) is 4.62. The van der Waals surface area contributed by atoms with Crippen molar-refractivity contribution < 1.29 is 5.11 Å². The minimum absolute atomic E-state index is 0.278. The van der Waals surface area contributed by atoms with Crippen LogP contribution >= 0.6 is 0 Å². The summed E-state index contributed by atoms with van der Waals surface area (Å²) in [4.78, 5) is 0. The average molecular weight is 230 g/mol. The Morgan fingerprint density at radius 1 is 1.35 bits per heavy atom. The lowest BCUT2D eigenvalue weighted by molar-refractivity contribution is 0.460. The van der Waals surface area contributed by atoms with Gasteiger partial charge in [-0.05, 0) is 37.0 Å². The number of benzene rings is 1. The second-order valence-corrected chi connectivity index (χ2v) is 4.83. The summed E-state index contributed by atoms with van der Waals surface area (Å²) < 4.78 is 1.82. The number of nitrogens with zero attached hydrogens (tertiary/aromatic N) is 2. The fourth-order valence-electron chi connectivity index (χ4n) is 1.93. The maximum Gasteiger partial charge on any atom is 0.157 e. The van der Waals surface area contributed by atoms with Gasteiger partial charge in [-0.2, -0.15) is 5.10 Å². The quantitative estimate of drug-likeness (QED) is 0.880. The first-order chi connectivity index (χ1) is 8.08. The first kappa shape index (κ1) is 11.7. The van der Waals surface area contributed by atoms with Crippen LogP contribution in [0.5, 0.6) is 5.75 Å². The molecule has 0 aliphatic rings. The normalized spacial score (nSPS) is 11.1. The van der Waals surface area contributed by atoms with Crippen molar-refractivity contribution >= 4 is 0 Å². The highest BCUT2D eigenvalue weighted by Gasteiger charge is 2.12. The van der Waals surface area contributed by atoms with Crippen LogP contribution < -0.4 is 0 Å². The molecule has 17 heavy (non-hydrogen) atoms. The van der Waals surface area contributed by atoms with E-state index < -0.39 is 0 Å². The number of aromatic hydroxyl groups is 1. The Morgan fingerprint density at radius 3 is 2.76 bits per heavy atom. The van der Waals surface area contributed by atoms with Crippen LogP contribution in [0.1, 0.15) is 25.1 Å². The molecular formula is C14H18N2O. The third-order valence-electron chi connectivity index (χ3n) is 2.69. The van der Waals surface area contributed by atoms with Gasteiger partial charge in [0.25, 0.3) is 0 Å². The van der Waals surface area contributed by atoms with Gasteiger partial charge in [0.2, 0.25) is 0 Å². The standard InChI is InChI=1S/C14H18N2O/c1-10(2)7-13-14(17)9-15-16(13)12-6-4-5-11(3)8-12/h4-6,8-10,17H,7H2,1-3H3. The third kappa shape index (κ3) is 2.49. The summed E-state index contributed by atoms with van der Waals surface area (Å²) in [5, 5.41) is 14.1. The Balaban J connectivity index is 2.45. The van der Waals surface area contributed by atoms with E-state index in [1.807, 2.05) is 16.8 Å². The predicted molar refractivity (Wildman–Crippen MR) is 68.5 cm³/mol. The average Bonchev–Trinajstić information content (AvgIpc) is 2.60. The summed E-state index contributed by atoms with van der Waals surface area (Å²) in [6, 6.07) is 8.12. The molecule has 0 aliphatic heterocycles. The molecule has 2 rings (SSSR count). The molecule has 0 saturated carbocycles. The summed E-state index contributed by atoms with van der Waals surface area (Å²) in [5.74, 6) is 0.765. The van der Waals surface area contributed by atoms with E-state index in [-0.39, 0.29) is 5.75 Å². The Hall–Kier alpha value is -1.77. The lowest BCUT2D eigenvalue weighted by Crippen LogP contribution is -2.05. The Kier molecular flexibility index (Phi) is 3.18. The fourth-order valence-corrected chi connectivity index (χ4v) is 1.93. The number of rotatable bonds is 3. The van der Waals surface area contributed by atoms with E-state index in [4.69, 9.17) is 0 Å². The Morgan fingerprint density at radius 2 is 2.12 bits per heavy atom. The molecule has 0 fully saturated rings. The number of hydrogen-bond donors (Lipinski definition) is 1. The molecule has 3 nitrogen and oxygen atoms in total. The topological polar surface area (TPSA) is 38.0 Å². The van der Waals surface area contributed by atoms with Crippen LogP contribution in [-0.2, 0) is 6.42 Å². The minimum atomic E-state index is 0.278. The largest absolute Gasteiger partial charge is 0.504 e. The molecule has 0 bridgehead atoms. The molecule has 1 N–H and O–H groups in total. The van der Waals surface area contributed by atoms with Crippen LogP contribution in [-0.4, -0.2) is 14.9 Å². The molecule has 1 aromatic carbocycles. The van der Waals surface area contributed by atoms with Crippen molar-refractivity contribution in [3.8, 4) is 11.4 Å². The lowest BCUT2D eigenvalue weighted by Gasteiger charge is -2.10. The highest BCUT2D eigenvalue weighted by atomic mass is 16.3. The summed E-state index contributed by atoms with van der Waals surface area (Å²) in [6.45, 7) is 6.31. The lowest BCUT2D eigenvalue weighted by atomic mass is 10.1. The monoisotopic (exact) mass is 230 g/mol. The van der Waals surface area contributed by atoms with Gasteiger partial charge in [0, 0.05) is 0 Å². The van der Waals surface area contributed by atoms with Crippen LogP contribution in [0.3, 0.4) is 0 Å². The van der Waals surface area contributed by atoms with Crippen LogP contribution in [0.25, 0.3) is 5.69 Å². The van der Waals surface area contributed by atoms with Crippen LogP contribution in [0.15, 0.2) is 30.5 Å². The summed E-state index contributed by atoms with van der Waals surface area (Å²) in [7, 11) is 0. The number of hydrogen-bond acceptors (Lipinski definition) is 2. The van der Waals surface area contributed by atoms with Crippen molar-refractivity contribution in [2.75, 3.05) is 0 Å². The zero-order chi connectivity index (χ0) is 12.4. The predicted octanol–water partition coefficient (Wildman–Crippen LogP) is 3.08. The molecule has 3 heteroatoms. The Bertz CT molecular complexity index is 515. The van der Waals surface area contributed by atoms with Crippen molar-refractivity contribution in [1.29, 1.82) is 0 Å². The third-order valence-corrected chi connectivity index (χ3v) is 2.69. The minimum Gasteiger partial charge on any atom is -0.504 e. The van der Waals surface area contributed by atoms with E-state index in [0.29, 0.717) is 5.92 Å². The van der Waals surface area contributed by atoms with Crippen LogP contribution in [0, 0.1) is 12.8 Å². The van der Waals surface area contributed by atoms with Crippen molar-refractivity contribution in [3.63, 3.8) is 0 Å². The van der Waals surface area contributed by atoms with Crippen molar-refractivity contribution in [2.24, 2.45) is 5.92 Å². The van der Waals surface area contributed by atoms with Crippen LogP contribution in [0.4, 0.5) is 0 Å². The molecule has 0 aliphatic carbocycles. The molecule has 0 unspecified atom stereocenters. The van der Waals surface area contributed by atoms with Gasteiger partial charge in [-0.25, -0.2) is 4.68 Å². The van der Waals surface area contributed by atoms with Gasteiger partial charge in [-0.15, -0.1) is 0 Å². The highest BCUT2D eigenvalue weighted by Crippen LogP contribution is 2.23. The van der Waals surface area contributed by atoms with Gasteiger partial charge in [-0.3, -0.25) is 0 Å². The van der Waals surface area contributed by atoms with Gasteiger partial charge in [0.1, 0.15) is 0 Å². The van der Waals surface area contributed by atoms with Gasteiger partial charge >= 0.3 is 0 Å². The highest BCUT2D eigenvalue weighted by molar-refractivity contribution is 5.39. The zero-order valence-electron chi connectivity index (χ0n) is 10.5. The fraction of sp³-hybridized carbons (Fsp3) is 0.357. The van der Waals surface area contributed by atoms with E-state index >= 15 is 0 Å². The maximum atomic E-state index is 9.83.